The van der Waals surface area contributed by atoms with Gasteiger partial charge in [0.2, 0.25) is 11.8 Å². The molecule has 1 aromatic rings. The average Bonchev–Trinajstić information content (AvgIpc) is 2.78. The lowest BCUT2D eigenvalue weighted by molar-refractivity contribution is -0.157. The highest BCUT2D eigenvalue weighted by atomic mass is 19.4. The van der Waals surface area contributed by atoms with Gasteiger partial charge >= 0.3 is 6.18 Å². The van der Waals surface area contributed by atoms with Gasteiger partial charge in [0.05, 0.1) is 0 Å². The number of amides is 3. The van der Waals surface area contributed by atoms with Crippen LogP contribution in [0.2, 0.25) is 0 Å². The third-order valence-corrected chi connectivity index (χ3v) is 3.40. The average molecular weight is 329 g/mol. The molecule has 0 aromatic heterocycles. The number of alkyl halides is 3. The Kier molecular flexibility index (Phi) is 4.57. The van der Waals surface area contributed by atoms with E-state index in [9.17, 15) is 27.6 Å². The lowest BCUT2D eigenvalue weighted by atomic mass is 10.1. The van der Waals surface area contributed by atoms with Crippen LogP contribution < -0.4 is 11.1 Å². The first-order valence-electron chi connectivity index (χ1n) is 6.73. The van der Waals surface area contributed by atoms with Gasteiger partial charge in [0.15, 0.2) is 0 Å². The monoisotopic (exact) mass is 329 g/mol. The smallest absolute Gasteiger partial charge is 0.366 e. The number of primary amides is 1. The van der Waals surface area contributed by atoms with Gasteiger partial charge in [-0.1, -0.05) is 0 Å². The fourth-order valence-electron chi connectivity index (χ4n) is 2.27. The summed E-state index contributed by atoms with van der Waals surface area (Å²) < 4.78 is 37.0. The molecule has 1 heterocycles. The Morgan fingerprint density at radius 2 is 1.78 bits per heavy atom. The van der Waals surface area contributed by atoms with Crippen molar-refractivity contribution >= 4 is 17.7 Å². The van der Waals surface area contributed by atoms with Crippen LogP contribution >= 0.6 is 0 Å². The summed E-state index contributed by atoms with van der Waals surface area (Å²) in [5, 5.41) is 2.40. The largest absolute Gasteiger partial charge is 0.406 e. The minimum atomic E-state index is -4.47. The zero-order chi connectivity index (χ0) is 17.2. The first-order chi connectivity index (χ1) is 10.7. The summed E-state index contributed by atoms with van der Waals surface area (Å²) in [5.74, 6) is -2.01. The van der Waals surface area contributed by atoms with E-state index >= 15 is 0 Å². The maximum absolute atomic E-state index is 12.3. The summed E-state index contributed by atoms with van der Waals surface area (Å²) >= 11 is 0. The molecular formula is C14H14F3N3O3. The van der Waals surface area contributed by atoms with Crippen molar-refractivity contribution in [3.63, 3.8) is 0 Å². The van der Waals surface area contributed by atoms with E-state index < -0.39 is 36.5 Å². The Balaban J connectivity index is 1.98. The predicted molar refractivity (Wildman–Crippen MR) is 73.5 cm³/mol. The molecule has 1 saturated heterocycles. The van der Waals surface area contributed by atoms with Crippen LogP contribution in [0.3, 0.4) is 0 Å². The quantitative estimate of drug-likeness (QED) is 0.851. The Bertz CT molecular complexity index is 628. The number of likely N-dealkylation sites (tertiary alicyclic amines) is 1. The van der Waals surface area contributed by atoms with Crippen molar-refractivity contribution in [3.05, 3.63) is 35.4 Å². The molecule has 124 valence electrons. The summed E-state index contributed by atoms with van der Waals surface area (Å²) in [6.45, 7) is -1.39. The van der Waals surface area contributed by atoms with E-state index in [1.807, 2.05) is 0 Å². The molecule has 0 aliphatic carbocycles. The predicted octanol–water partition coefficient (Wildman–Crippen LogP) is 0.678. The van der Waals surface area contributed by atoms with Gasteiger partial charge in [-0.3, -0.25) is 14.4 Å². The second-order valence-corrected chi connectivity index (χ2v) is 5.13. The van der Waals surface area contributed by atoms with Gasteiger partial charge in [-0.15, -0.1) is 0 Å². The first kappa shape index (κ1) is 16.8. The van der Waals surface area contributed by atoms with Gasteiger partial charge in [0, 0.05) is 17.7 Å². The topological polar surface area (TPSA) is 92.5 Å². The van der Waals surface area contributed by atoms with Crippen LogP contribution in [0.5, 0.6) is 0 Å². The molecular weight excluding hydrogens is 315 g/mol. The molecule has 23 heavy (non-hydrogen) atoms. The highest BCUT2D eigenvalue weighted by molar-refractivity contribution is 5.99. The SMILES string of the molecule is NC(=O)c1ccc(C(=O)NC2CCN(CC(F)(F)F)C2=O)cc1. The second kappa shape index (κ2) is 6.27. The summed E-state index contributed by atoms with van der Waals surface area (Å²) in [5.41, 5.74) is 5.47. The van der Waals surface area contributed by atoms with Gasteiger partial charge in [-0.2, -0.15) is 13.2 Å². The van der Waals surface area contributed by atoms with Crippen LogP contribution in [0.15, 0.2) is 24.3 Å². The van der Waals surface area contributed by atoms with E-state index in [0.717, 1.165) is 0 Å². The highest BCUT2D eigenvalue weighted by Gasteiger charge is 2.39. The van der Waals surface area contributed by atoms with Crippen LogP contribution in [0.4, 0.5) is 13.2 Å². The fraction of sp³-hybridized carbons (Fsp3) is 0.357. The molecule has 9 heteroatoms. The van der Waals surface area contributed by atoms with E-state index in [0.29, 0.717) is 4.90 Å². The number of nitrogens with zero attached hydrogens (tertiary/aromatic N) is 1. The number of hydrogen-bond acceptors (Lipinski definition) is 3. The molecule has 0 spiro atoms. The van der Waals surface area contributed by atoms with Crippen LogP contribution in [0.1, 0.15) is 27.1 Å². The van der Waals surface area contributed by atoms with Crippen molar-refractivity contribution in [3.8, 4) is 0 Å². The highest BCUT2D eigenvalue weighted by Crippen LogP contribution is 2.21. The van der Waals surface area contributed by atoms with Gasteiger partial charge in [-0.05, 0) is 30.7 Å². The molecule has 2 rings (SSSR count). The summed E-state index contributed by atoms with van der Waals surface area (Å²) in [7, 11) is 0. The van der Waals surface area contributed by atoms with Crippen molar-refractivity contribution in [1.82, 2.24) is 10.2 Å². The van der Waals surface area contributed by atoms with Crippen molar-refractivity contribution in [1.29, 1.82) is 0 Å². The molecule has 3 amide bonds. The number of carbonyl (C=O) groups is 3. The second-order valence-electron chi connectivity index (χ2n) is 5.13. The standard InChI is InChI=1S/C14H14F3N3O3/c15-14(16,17)7-20-6-5-10(13(20)23)19-12(22)9-3-1-8(2-4-9)11(18)21/h1-4,10H,5-7H2,(H2,18,21)(H,19,22). The number of benzene rings is 1. The minimum absolute atomic E-state index is 0.0656. The third kappa shape index (κ3) is 4.21. The lowest BCUT2D eigenvalue weighted by Gasteiger charge is -2.18. The lowest BCUT2D eigenvalue weighted by Crippen LogP contribution is -2.43. The van der Waals surface area contributed by atoms with Crippen molar-refractivity contribution in [2.24, 2.45) is 5.73 Å². The molecule has 3 N–H and O–H groups in total. The molecule has 0 bridgehead atoms. The van der Waals surface area contributed by atoms with Crippen LogP contribution in [0, 0.1) is 0 Å². The maximum Gasteiger partial charge on any atom is 0.406 e. The molecule has 1 aliphatic heterocycles. The summed E-state index contributed by atoms with van der Waals surface area (Å²) in [6, 6.07) is 4.42. The van der Waals surface area contributed by atoms with E-state index in [2.05, 4.69) is 5.32 Å². The Hall–Kier alpha value is -2.58. The maximum atomic E-state index is 12.3. The number of halogens is 3. The minimum Gasteiger partial charge on any atom is -0.366 e. The van der Waals surface area contributed by atoms with E-state index in [1.54, 1.807) is 0 Å². The van der Waals surface area contributed by atoms with Crippen LogP contribution in [0.25, 0.3) is 0 Å². The fourth-order valence-corrected chi connectivity index (χ4v) is 2.27. The molecule has 1 aromatic carbocycles. The van der Waals surface area contributed by atoms with Crippen molar-refractivity contribution < 1.29 is 27.6 Å². The van der Waals surface area contributed by atoms with E-state index in [1.165, 1.54) is 24.3 Å². The van der Waals surface area contributed by atoms with Crippen molar-refractivity contribution in [2.75, 3.05) is 13.1 Å². The zero-order valence-electron chi connectivity index (χ0n) is 11.9. The Labute approximate surface area is 129 Å². The molecule has 1 aliphatic rings. The summed E-state index contributed by atoms with van der Waals surface area (Å²) in [6.07, 6.45) is -4.36. The summed E-state index contributed by atoms with van der Waals surface area (Å²) in [4.78, 5) is 35.4. The number of rotatable bonds is 4. The first-order valence-corrected chi connectivity index (χ1v) is 6.73. The molecule has 6 nitrogen and oxygen atoms in total. The number of carbonyl (C=O) groups excluding carboxylic acids is 3. The molecule has 1 atom stereocenters. The van der Waals surface area contributed by atoms with Crippen molar-refractivity contribution in [2.45, 2.75) is 18.6 Å². The number of nitrogens with two attached hydrogens (primary N) is 1. The van der Waals surface area contributed by atoms with E-state index in [4.69, 9.17) is 5.73 Å². The molecule has 0 radical (unpaired) electrons. The van der Waals surface area contributed by atoms with Gasteiger partial charge in [-0.25, -0.2) is 0 Å². The Morgan fingerprint density at radius 1 is 1.22 bits per heavy atom. The molecule has 1 fully saturated rings. The zero-order valence-corrected chi connectivity index (χ0v) is 11.9. The number of nitrogens with one attached hydrogen (secondary N) is 1. The third-order valence-electron chi connectivity index (χ3n) is 3.40. The normalized spacial score (nSPS) is 18.1. The van der Waals surface area contributed by atoms with Gasteiger partial charge in [0.25, 0.3) is 5.91 Å². The van der Waals surface area contributed by atoms with Crippen LogP contribution in [-0.4, -0.2) is 47.9 Å². The van der Waals surface area contributed by atoms with Gasteiger partial charge in [0.1, 0.15) is 12.6 Å². The van der Waals surface area contributed by atoms with Gasteiger partial charge < -0.3 is 16.0 Å². The van der Waals surface area contributed by atoms with Crippen LogP contribution in [-0.2, 0) is 4.79 Å². The van der Waals surface area contributed by atoms with E-state index in [-0.39, 0.29) is 24.1 Å². The molecule has 1 unspecified atom stereocenters. The Morgan fingerprint density at radius 3 is 2.30 bits per heavy atom. The molecule has 0 saturated carbocycles. The number of hydrogen-bond donors (Lipinski definition) is 2.